The summed E-state index contributed by atoms with van der Waals surface area (Å²) in [4.78, 5) is 28.7. The van der Waals surface area contributed by atoms with Gasteiger partial charge in [-0.15, -0.1) is 0 Å². The van der Waals surface area contributed by atoms with Gasteiger partial charge in [-0.05, 0) is 44.0 Å². The number of aromatic nitrogens is 2. The first-order valence-electron chi connectivity index (χ1n) is 11.1. The summed E-state index contributed by atoms with van der Waals surface area (Å²) in [7, 11) is 0. The van der Waals surface area contributed by atoms with Gasteiger partial charge >= 0.3 is 0 Å². The van der Waals surface area contributed by atoms with Gasteiger partial charge < -0.3 is 5.32 Å². The molecule has 0 spiro atoms. The van der Waals surface area contributed by atoms with Crippen molar-refractivity contribution in [3.05, 3.63) is 47.5 Å². The van der Waals surface area contributed by atoms with Crippen molar-refractivity contribution in [2.24, 2.45) is 0 Å². The lowest BCUT2D eigenvalue weighted by Crippen LogP contribution is -2.65. The highest BCUT2D eigenvalue weighted by atomic mass is 19.1. The van der Waals surface area contributed by atoms with Crippen molar-refractivity contribution < 1.29 is 14.0 Å². The molecule has 0 unspecified atom stereocenters. The number of anilines is 1. The molecule has 2 heterocycles. The third kappa shape index (κ3) is 3.98. The molecule has 0 saturated heterocycles. The van der Waals surface area contributed by atoms with E-state index in [9.17, 15) is 14.0 Å². The molecule has 1 atom stereocenters. The van der Waals surface area contributed by atoms with Crippen LogP contribution in [0.2, 0.25) is 0 Å². The van der Waals surface area contributed by atoms with Gasteiger partial charge in [0.2, 0.25) is 5.91 Å². The Hall–Kier alpha value is -2.70. The summed E-state index contributed by atoms with van der Waals surface area (Å²) >= 11 is 0. The predicted molar refractivity (Wildman–Crippen MR) is 118 cm³/mol. The fourth-order valence-electron chi connectivity index (χ4n) is 4.56. The third-order valence-electron chi connectivity index (χ3n) is 6.42. The van der Waals surface area contributed by atoms with Crippen LogP contribution in [0.15, 0.2) is 30.3 Å². The number of amides is 2. The fraction of sp³-hybridized carbons (Fsp3) is 0.542. The molecule has 166 valence electrons. The zero-order chi connectivity index (χ0) is 22.4. The van der Waals surface area contributed by atoms with Crippen molar-refractivity contribution in [1.82, 2.24) is 15.1 Å². The molecule has 1 fully saturated rings. The molecular weight excluding hydrogens is 395 g/mol. The first-order valence-corrected chi connectivity index (χ1v) is 11.1. The summed E-state index contributed by atoms with van der Waals surface area (Å²) < 4.78 is 15.7. The number of carbonyl (C=O) groups is 2. The van der Waals surface area contributed by atoms with Crippen molar-refractivity contribution in [3.8, 4) is 0 Å². The van der Waals surface area contributed by atoms with Gasteiger partial charge in [-0.1, -0.05) is 46.1 Å². The Kier molecular flexibility index (Phi) is 5.40. The van der Waals surface area contributed by atoms with Crippen molar-refractivity contribution in [3.63, 3.8) is 0 Å². The monoisotopic (exact) mass is 426 g/mol. The zero-order valence-electron chi connectivity index (χ0n) is 18.7. The molecular formula is C24H31FN4O2. The van der Waals surface area contributed by atoms with Crippen molar-refractivity contribution in [2.75, 3.05) is 4.90 Å². The quantitative estimate of drug-likeness (QED) is 0.800. The number of halogens is 1. The van der Waals surface area contributed by atoms with Gasteiger partial charge in [-0.25, -0.2) is 4.39 Å². The molecule has 1 aromatic heterocycles. The van der Waals surface area contributed by atoms with E-state index < -0.39 is 11.4 Å². The largest absolute Gasteiger partial charge is 0.351 e. The number of fused-ring (bicyclic) bond motifs is 1. The highest BCUT2D eigenvalue weighted by Crippen LogP contribution is 2.35. The first-order chi connectivity index (χ1) is 14.6. The van der Waals surface area contributed by atoms with Gasteiger partial charge in [0.1, 0.15) is 17.1 Å². The van der Waals surface area contributed by atoms with Crippen LogP contribution in [0.3, 0.4) is 0 Å². The molecule has 1 saturated carbocycles. The number of carbonyl (C=O) groups excluding carboxylic acids is 2. The van der Waals surface area contributed by atoms with Gasteiger partial charge in [-0.3, -0.25) is 19.2 Å². The summed E-state index contributed by atoms with van der Waals surface area (Å²) in [6.07, 6.45) is 5.25. The number of hydrogen-bond donors (Lipinski definition) is 1. The molecule has 1 aliphatic heterocycles. The van der Waals surface area contributed by atoms with E-state index in [0.717, 1.165) is 31.4 Å². The number of hydrogen-bond acceptors (Lipinski definition) is 3. The number of nitrogens with zero attached hydrogens (tertiary/aromatic N) is 3. The SMILES string of the molecule is CC(C)(C)c1cc2n(n1)C[C@](C)(C(=O)NC1CCCCC1)N(c1cccc(F)c1)C2=O. The van der Waals surface area contributed by atoms with E-state index >= 15 is 0 Å². The molecule has 2 aliphatic rings. The fourth-order valence-corrected chi connectivity index (χ4v) is 4.56. The van der Waals surface area contributed by atoms with E-state index in [1.54, 1.807) is 29.8 Å². The lowest BCUT2D eigenvalue weighted by atomic mass is 9.90. The summed E-state index contributed by atoms with van der Waals surface area (Å²) in [5.74, 6) is -1.02. The van der Waals surface area contributed by atoms with Crippen molar-refractivity contribution in [2.45, 2.75) is 83.3 Å². The molecule has 1 aromatic carbocycles. The van der Waals surface area contributed by atoms with Gasteiger partial charge in [-0.2, -0.15) is 5.10 Å². The lowest BCUT2D eigenvalue weighted by molar-refractivity contribution is -0.127. The number of rotatable bonds is 3. The lowest BCUT2D eigenvalue weighted by Gasteiger charge is -2.44. The second-order valence-corrected chi connectivity index (χ2v) is 10.0. The van der Waals surface area contributed by atoms with Gasteiger partial charge in [0, 0.05) is 17.1 Å². The van der Waals surface area contributed by atoms with Gasteiger partial charge in [0.15, 0.2) is 0 Å². The molecule has 0 radical (unpaired) electrons. The first kappa shape index (κ1) is 21.5. The average molecular weight is 427 g/mol. The van der Waals surface area contributed by atoms with Crippen molar-refractivity contribution >= 4 is 17.5 Å². The zero-order valence-corrected chi connectivity index (χ0v) is 18.7. The third-order valence-corrected chi connectivity index (χ3v) is 6.42. The minimum atomic E-state index is -1.23. The van der Waals surface area contributed by atoms with Crippen LogP contribution in [0, 0.1) is 5.82 Å². The summed E-state index contributed by atoms with van der Waals surface area (Å²) in [6, 6.07) is 7.76. The van der Waals surface area contributed by atoms with Crippen LogP contribution >= 0.6 is 0 Å². The van der Waals surface area contributed by atoms with E-state index in [4.69, 9.17) is 0 Å². The van der Waals surface area contributed by atoms with E-state index in [1.165, 1.54) is 23.5 Å². The Morgan fingerprint density at radius 2 is 1.90 bits per heavy atom. The van der Waals surface area contributed by atoms with Gasteiger partial charge in [0.25, 0.3) is 5.91 Å². The molecule has 1 aliphatic carbocycles. The highest BCUT2D eigenvalue weighted by molar-refractivity contribution is 6.11. The maximum Gasteiger partial charge on any atom is 0.277 e. The second-order valence-electron chi connectivity index (χ2n) is 10.0. The molecule has 2 amide bonds. The summed E-state index contributed by atoms with van der Waals surface area (Å²) in [5.41, 5.74) is 0.103. The van der Waals surface area contributed by atoms with E-state index in [2.05, 4.69) is 10.4 Å². The summed E-state index contributed by atoms with van der Waals surface area (Å²) in [6.45, 7) is 8.05. The molecule has 1 N–H and O–H groups in total. The van der Waals surface area contributed by atoms with E-state index in [0.29, 0.717) is 11.4 Å². The smallest absolute Gasteiger partial charge is 0.277 e. The van der Waals surface area contributed by atoms with Crippen LogP contribution in [0.5, 0.6) is 0 Å². The standard InChI is InChI=1S/C24H31FN4O2/c1-23(2,3)20-14-19-21(30)29(18-12-8-9-16(25)13-18)24(4,15-28(19)27-20)22(31)26-17-10-6-5-7-11-17/h8-9,12-14,17H,5-7,10-11,15H2,1-4H3,(H,26,31)/t24-/m1/s1. The minimum Gasteiger partial charge on any atom is -0.351 e. The van der Waals surface area contributed by atoms with E-state index in [1.807, 2.05) is 20.8 Å². The Labute approximate surface area is 182 Å². The second kappa shape index (κ2) is 7.77. The molecule has 0 bridgehead atoms. The Morgan fingerprint density at radius 1 is 1.19 bits per heavy atom. The Bertz CT molecular complexity index is 1000. The topological polar surface area (TPSA) is 67.2 Å². The Balaban J connectivity index is 1.77. The molecule has 4 rings (SSSR count). The maximum atomic E-state index is 14.1. The van der Waals surface area contributed by atoms with Crippen LogP contribution in [-0.2, 0) is 16.8 Å². The number of nitrogens with one attached hydrogen (secondary N) is 1. The van der Waals surface area contributed by atoms with Crippen LogP contribution in [-0.4, -0.2) is 33.2 Å². The highest BCUT2D eigenvalue weighted by Gasteiger charge is 2.49. The Morgan fingerprint density at radius 3 is 2.55 bits per heavy atom. The normalized spacial score (nSPS) is 22.4. The molecule has 2 aromatic rings. The average Bonchev–Trinajstić information content (AvgIpc) is 3.13. The van der Waals surface area contributed by atoms with Crippen LogP contribution in [0.1, 0.15) is 76.0 Å². The maximum absolute atomic E-state index is 14.1. The molecule has 6 nitrogen and oxygen atoms in total. The molecule has 31 heavy (non-hydrogen) atoms. The minimum absolute atomic E-state index is 0.103. The van der Waals surface area contributed by atoms with Gasteiger partial charge in [0.05, 0.1) is 12.2 Å². The molecule has 7 heteroatoms. The van der Waals surface area contributed by atoms with Crippen LogP contribution < -0.4 is 10.2 Å². The summed E-state index contributed by atoms with van der Waals surface area (Å²) in [5, 5.41) is 7.82. The predicted octanol–water partition coefficient (Wildman–Crippen LogP) is 4.19. The number of benzene rings is 1. The van der Waals surface area contributed by atoms with Crippen molar-refractivity contribution in [1.29, 1.82) is 0 Å². The van der Waals surface area contributed by atoms with Crippen LogP contribution in [0.4, 0.5) is 10.1 Å². The van der Waals surface area contributed by atoms with Crippen LogP contribution in [0.25, 0.3) is 0 Å². The van der Waals surface area contributed by atoms with E-state index in [-0.39, 0.29) is 29.8 Å².